The standard InChI is InChI=1S/C15H14N2O/c16-15(13-9-5-2-6-10-13)17-14(18)11-12-7-3-1-4-8-12/h1-10H,11H2,(H2,16,17,18). The van der Waals surface area contributed by atoms with Gasteiger partial charge in [-0.25, -0.2) is 0 Å². The molecule has 18 heavy (non-hydrogen) atoms. The van der Waals surface area contributed by atoms with E-state index in [0.717, 1.165) is 11.1 Å². The van der Waals surface area contributed by atoms with Gasteiger partial charge >= 0.3 is 0 Å². The number of carbonyl (C=O) groups excluding carboxylic acids is 1. The summed E-state index contributed by atoms with van der Waals surface area (Å²) in [6.45, 7) is 0. The third-order valence-corrected chi connectivity index (χ3v) is 2.51. The summed E-state index contributed by atoms with van der Waals surface area (Å²) in [6.07, 6.45) is 0.272. The Balaban J connectivity index is 2.07. The maximum absolute atomic E-state index is 11.7. The molecule has 90 valence electrons. The van der Waals surface area contributed by atoms with E-state index < -0.39 is 0 Å². The third kappa shape index (κ3) is 3.28. The van der Waals surface area contributed by atoms with Gasteiger partial charge in [0.05, 0.1) is 6.42 Å². The van der Waals surface area contributed by atoms with Gasteiger partial charge in [-0.1, -0.05) is 60.7 Å². The molecular weight excluding hydrogens is 224 g/mol. The van der Waals surface area contributed by atoms with Crippen molar-refractivity contribution >= 4 is 11.7 Å². The Morgan fingerprint density at radius 1 is 0.944 bits per heavy atom. The van der Waals surface area contributed by atoms with Crippen LogP contribution in [0.5, 0.6) is 0 Å². The molecule has 2 N–H and O–H groups in total. The number of amidine groups is 1. The molecule has 1 amide bonds. The van der Waals surface area contributed by atoms with Crippen molar-refractivity contribution in [3.05, 3.63) is 71.8 Å². The van der Waals surface area contributed by atoms with Crippen molar-refractivity contribution in [1.82, 2.24) is 0 Å². The van der Waals surface area contributed by atoms with Crippen LogP contribution in [0.4, 0.5) is 0 Å². The molecule has 0 bridgehead atoms. The number of rotatable bonds is 3. The zero-order chi connectivity index (χ0) is 12.8. The van der Waals surface area contributed by atoms with Gasteiger partial charge in [0.15, 0.2) is 0 Å². The van der Waals surface area contributed by atoms with E-state index in [9.17, 15) is 4.79 Å². The summed E-state index contributed by atoms with van der Waals surface area (Å²) in [5, 5.41) is 0. The second-order valence-electron chi connectivity index (χ2n) is 3.92. The number of aliphatic imine (C=N–C) groups is 1. The summed E-state index contributed by atoms with van der Waals surface area (Å²) < 4.78 is 0. The Bertz CT molecular complexity index is 547. The Hall–Kier alpha value is -2.42. The lowest BCUT2D eigenvalue weighted by atomic mass is 10.1. The summed E-state index contributed by atoms with van der Waals surface area (Å²) in [5.74, 6) is 0.0269. The van der Waals surface area contributed by atoms with Gasteiger partial charge in [0.25, 0.3) is 5.91 Å². The van der Waals surface area contributed by atoms with Gasteiger partial charge in [0.2, 0.25) is 0 Å². The first kappa shape index (κ1) is 12.0. The highest BCUT2D eigenvalue weighted by atomic mass is 16.1. The molecule has 0 radical (unpaired) electrons. The maximum Gasteiger partial charge on any atom is 0.252 e. The summed E-state index contributed by atoms with van der Waals surface area (Å²) in [7, 11) is 0. The first-order valence-corrected chi connectivity index (χ1v) is 5.72. The molecule has 0 aliphatic rings. The zero-order valence-electron chi connectivity index (χ0n) is 9.91. The predicted octanol–water partition coefficient (Wildman–Crippen LogP) is 2.16. The molecule has 0 atom stereocenters. The average Bonchev–Trinajstić information content (AvgIpc) is 2.40. The van der Waals surface area contributed by atoms with Crippen LogP contribution in [0.1, 0.15) is 11.1 Å². The molecule has 3 heteroatoms. The monoisotopic (exact) mass is 238 g/mol. The van der Waals surface area contributed by atoms with Crippen LogP contribution < -0.4 is 5.73 Å². The molecule has 2 rings (SSSR count). The van der Waals surface area contributed by atoms with Crippen LogP contribution in [-0.2, 0) is 11.2 Å². The minimum absolute atomic E-state index is 0.234. The second kappa shape index (κ2) is 5.77. The fraction of sp³-hybridized carbons (Fsp3) is 0.0667. The van der Waals surface area contributed by atoms with E-state index in [0.29, 0.717) is 0 Å². The highest BCUT2D eigenvalue weighted by Gasteiger charge is 2.04. The van der Waals surface area contributed by atoms with Crippen LogP contribution in [-0.4, -0.2) is 11.7 Å². The molecule has 2 aromatic carbocycles. The molecule has 0 aliphatic carbocycles. The van der Waals surface area contributed by atoms with Crippen molar-refractivity contribution in [2.75, 3.05) is 0 Å². The molecule has 0 heterocycles. The van der Waals surface area contributed by atoms with Gasteiger partial charge in [-0.15, -0.1) is 0 Å². The van der Waals surface area contributed by atoms with E-state index in [-0.39, 0.29) is 18.2 Å². The number of nitrogens with zero attached hydrogens (tertiary/aromatic N) is 1. The zero-order valence-corrected chi connectivity index (χ0v) is 9.91. The first-order chi connectivity index (χ1) is 8.75. The molecule has 0 spiro atoms. The van der Waals surface area contributed by atoms with Crippen molar-refractivity contribution in [1.29, 1.82) is 0 Å². The number of carbonyl (C=O) groups is 1. The third-order valence-electron chi connectivity index (χ3n) is 2.51. The molecule has 0 aromatic heterocycles. The number of nitrogens with two attached hydrogens (primary N) is 1. The lowest BCUT2D eigenvalue weighted by Gasteiger charge is -2.00. The lowest BCUT2D eigenvalue weighted by molar-refractivity contribution is -0.117. The van der Waals surface area contributed by atoms with Gasteiger partial charge in [0.1, 0.15) is 5.84 Å². The quantitative estimate of drug-likeness (QED) is 0.658. The topological polar surface area (TPSA) is 55.4 Å². The molecule has 0 unspecified atom stereocenters. The van der Waals surface area contributed by atoms with Gasteiger partial charge in [-0.05, 0) is 5.56 Å². The van der Waals surface area contributed by atoms with Crippen molar-refractivity contribution in [3.63, 3.8) is 0 Å². The molecule has 0 saturated carbocycles. The predicted molar refractivity (Wildman–Crippen MR) is 72.3 cm³/mol. The smallest absolute Gasteiger partial charge is 0.252 e. The molecule has 3 nitrogen and oxygen atoms in total. The first-order valence-electron chi connectivity index (χ1n) is 5.72. The minimum atomic E-state index is -0.234. The van der Waals surface area contributed by atoms with Crippen molar-refractivity contribution in [2.24, 2.45) is 10.7 Å². The summed E-state index contributed by atoms with van der Waals surface area (Å²) in [5.41, 5.74) is 7.48. The van der Waals surface area contributed by atoms with Crippen LogP contribution in [0.25, 0.3) is 0 Å². The molecule has 0 aliphatic heterocycles. The Morgan fingerprint density at radius 2 is 1.50 bits per heavy atom. The Labute approximate surface area is 106 Å². The van der Waals surface area contributed by atoms with Gasteiger partial charge in [-0.3, -0.25) is 4.79 Å². The van der Waals surface area contributed by atoms with Gasteiger partial charge in [0, 0.05) is 5.56 Å². The van der Waals surface area contributed by atoms with Crippen LogP contribution in [0.3, 0.4) is 0 Å². The molecular formula is C15H14N2O. The normalized spacial score (nSPS) is 11.2. The number of benzene rings is 2. The van der Waals surface area contributed by atoms with Crippen molar-refractivity contribution in [2.45, 2.75) is 6.42 Å². The summed E-state index contributed by atoms with van der Waals surface area (Å²) in [4.78, 5) is 15.6. The summed E-state index contributed by atoms with van der Waals surface area (Å²) >= 11 is 0. The largest absolute Gasteiger partial charge is 0.383 e. The fourth-order valence-electron chi connectivity index (χ4n) is 1.62. The van der Waals surface area contributed by atoms with Crippen molar-refractivity contribution < 1.29 is 4.79 Å². The van der Waals surface area contributed by atoms with Gasteiger partial charge < -0.3 is 5.73 Å². The van der Waals surface area contributed by atoms with Crippen LogP contribution >= 0.6 is 0 Å². The molecule has 0 fully saturated rings. The minimum Gasteiger partial charge on any atom is -0.383 e. The second-order valence-corrected chi connectivity index (χ2v) is 3.92. The number of amides is 1. The number of hydrogen-bond acceptors (Lipinski definition) is 1. The summed E-state index contributed by atoms with van der Waals surface area (Å²) in [6, 6.07) is 18.8. The van der Waals surface area contributed by atoms with Crippen LogP contribution in [0.15, 0.2) is 65.7 Å². The van der Waals surface area contributed by atoms with Crippen LogP contribution in [0, 0.1) is 0 Å². The Kier molecular flexibility index (Phi) is 3.86. The van der Waals surface area contributed by atoms with E-state index in [2.05, 4.69) is 4.99 Å². The van der Waals surface area contributed by atoms with E-state index in [1.165, 1.54) is 0 Å². The molecule has 0 saturated heterocycles. The van der Waals surface area contributed by atoms with E-state index in [1.807, 2.05) is 60.7 Å². The molecule has 2 aromatic rings. The van der Waals surface area contributed by atoms with E-state index in [4.69, 9.17) is 5.73 Å². The highest BCUT2D eigenvalue weighted by molar-refractivity contribution is 6.04. The SMILES string of the molecule is NC(=NC(=O)Cc1ccccc1)c1ccccc1. The Morgan fingerprint density at radius 3 is 2.11 bits per heavy atom. The van der Waals surface area contributed by atoms with Crippen molar-refractivity contribution in [3.8, 4) is 0 Å². The van der Waals surface area contributed by atoms with E-state index >= 15 is 0 Å². The highest BCUT2D eigenvalue weighted by Crippen LogP contribution is 2.02. The number of hydrogen-bond donors (Lipinski definition) is 1. The fourth-order valence-corrected chi connectivity index (χ4v) is 1.62. The lowest BCUT2D eigenvalue weighted by Crippen LogP contribution is -2.16. The van der Waals surface area contributed by atoms with Crippen LogP contribution in [0.2, 0.25) is 0 Å². The maximum atomic E-state index is 11.7. The van der Waals surface area contributed by atoms with E-state index in [1.54, 1.807) is 0 Å². The average molecular weight is 238 g/mol. The van der Waals surface area contributed by atoms with Gasteiger partial charge in [-0.2, -0.15) is 4.99 Å².